The maximum absolute atomic E-state index is 12.5. The zero-order valence-corrected chi connectivity index (χ0v) is 13.7. The van der Waals surface area contributed by atoms with Crippen LogP contribution in [0.25, 0.3) is 0 Å². The van der Waals surface area contributed by atoms with E-state index in [2.05, 4.69) is 9.97 Å². The third kappa shape index (κ3) is 3.74. The van der Waals surface area contributed by atoms with Gasteiger partial charge in [-0.3, -0.25) is 4.79 Å². The predicted molar refractivity (Wildman–Crippen MR) is 85.8 cm³/mol. The molecule has 21 heavy (non-hydrogen) atoms. The summed E-state index contributed by atoms with van der Waals surface area (Å²) in [7, 11) is 1.74. The quantitative estimate of drug-likeness (QED) is 0.639. The molecule has 2 rings (SSSR count). The molecule has 0 aliphatic heterocycles. The Balaban J connectivity index is 2.22. The third-order valence-corrected chi connectivity index (χ3v) is 3.96. The highest BCUT2D eigenvalue weighted by Crippen LogP contribution is 2.19. The van der Waals surface area contributed by atoms with Gasteiger partial charge in [0.05, 0.1) is 11.2 Å². The number of aromatic nitrogens is 2. The van der Waals surface area contributed by atoms with Crippen molar-refractivity contribution in [3.8, 4) is 0 Å². The molecule has 0 saturated heterocycles. The molecule has 6 heteroatoms. The van der Waals surface area contributed by atoms with Gasteiger partial charge in [0, 0.05) is 13.6 Å². The van der Waals surface area contributed by atoms with Crippen molar-refractivity contribution < 1.29 is 4.79 Å². The molecule has 110 valence electrons. The largest absolute Gasteiger partial charge is 0.336 e. The molecule has 0 saturated carbocycles. The molecule has 1 amide bonds. The number of hydrogen-bond donors (Lipinski definition) is 0. The Morgan fingerprint density at radius 1 is 1.38 bits per heavy atom. The van der Waals surface area contributed by atoms with Crippen LogP contribution in [-0.2, 0) is 6.54 Å². The number of rotatable bonds is 4. The van der Waals surface area contributed by atoms with Gasteiger partial charge in [0.25, 0.3) is 5.91 Å². The first kappa shape index (κ1) is 15.8. The van der Waals surface area contributed by atoms with E-state index in [0.29, 0.717) is 11.7 Å². The second-order valence-corrected chi connectivity index (χ2v) is 5.82. The second-order valence-electron chi connectivity index (χ2n) is 4.64. The summed E-state index contributed by atoms with van der Waals surface area (Å²) in [6, 6.07) is 7.97. The standard InChI is InChI=1S/C15H16ClN3OS/c1-10-6-4-5-7-11(10)9-19(2)14(20)13-12(16)8-17-15(18-13)21-3/h4-8H,9H2,1-3H3. The molecule has 2 aromatic rings. The highest BCUT2D eigenvalue weighted by atomic mass is 35.5. The van der Waals surface area contributed by atoms with Gasteiger partial charge in [-0.15, -0.1) is 0 Å². The maximum atomic E-state index is 12.5. The summed E-state index contributed by atoms with van der Waals surface area (Å²) in [6.45, 7) is 2.54. The number of carbonyl (C=O) groups is 1. The number of benzene rings is 1. The fraction of sp³-hybridized carbons (Fsp3) is 0.267. The van der Waals surface area contributed by atoms with Crippen LogP contribution >= 0.6 is 23.4 Å². The number of halogens is 1. The van der Waals surface area contributed by atoms with Gasteiger partial charge in [-0.05, 0) is 24.3 Å². The van der Waals surface area contributed by atoms with E-state index in [0.717, 1.165) is 11.1 Å². The van der Waals surface area contributed by atoms with Gasteiger partial charge < -0.3 is 4.90 Å². The maximum Gasteiger partial charge on any atom is 0.274 e. The Labute approximate surface area is 133 Å². The fourth-order valence-electron chi connectivity index (χ4n) is 1.89. The Hall–Kier alpha value is -1.59. The van der Waals surface area contributed by atoms with Crippen molar-refractivity contribution in [3.05, 3.63) is 52.3 Å². The highest BCUT2D eigenvalue weighted by molar-refractivity contribution is 7.98. The molecule has 0 atom stereocenters. The van der Waals surface area contributed by atoms with Crippen molar-refractivity contribution in [1.82, 2.24) is 14.9 Å². The molecule has 0 radical (unpaired) electrons. The molecule has 4 nitrogen and oxygen atoms in total. The van der Waals surface area contributed by atoms with E-state index in [4.69, 9.17) is 11.6 Å². The lowest BCUT2D eigenvalue weighted by molar-refractivity contribution is 0.0778. The van der Waals surface area contributed by atoms with E-state index in [-0.39, 0.29) is 16.6 Å². The van der Waals surface area contributed by atoms with E-state index in [1.807, 2.05) is 37.4 Å². The summed E-state index contributed by atoms with van der Waals surface area (Å²) in [4.78, 5) is 22.4. The minimum absolute atomic E-state index is 0.207. The van der Waals surface area contributed by atoms with Crippen molar-refractivity contribution in [2.45, 2.75) is 18.6 Å². The summed E-state index contributed by atoms with van der Waals surface area (Å²) in [6.07, 6.45) is 3.32. The average Bonchev–Trinajstić information content (AvgIpc) is 2.49. The lowest BCUT2D eigenvalue weighted by atomic mass is 10.1. The van der Waals surface area contributed by atoms with Crippen molar-refractivity contribution in [1.29, 1.82) is 0 Å². The topological polar surface area (TPSA) is 46.1 Å². The molecule has 1 aromatic heterocycles. The van der Waals surface area contributed by atoms with E-state index >= 15 is 0 Å². The molecular weight excluding hydrogens is 306 g/mol. The summed E-state index contributed by atoms with van der Waals surface area (Å²) < 4.78 is 0. The van der Waals surface area contributed by atoms with Crippen molar-refractivity contribution in [2.24, 2.45) is 0 Å². The van der Waals surface area contributed by atoms with E-state index in [1.54, 1.807) is 11.9 Å². The predicted octanol–water partition coefficient (Wildman–Crippen LogP) is 3.43. The molecule has 0 spiro atoms. The molecule has 0 aliphatic carbocycles. The van der Waals surface area contributed by atoms with Gasteiger partial charge in [-0.25, -0.2) is 9.97 Å². The average molecular weight is 322 g/mol. The van der Waals surface area contributed by atoms with Crippen LogP contribution in [-0.4, -0.2) is 34.1 Å². The second kappa shape index (κ2) is 6.91. The number of hydrogen-bond acceptors (Lipinski definition) is 4. The Morgan fingerprint density at radius 3 is 2.76 bits per heavy atom. The van der Waals surface area contributed by atoms with Gasteiger partial charge in [0.15, 0.2) is 10.9 Å². The molecule has 0 bridgehead atoms. The first-order valence-electron chi connectivity index (χ1n) is 6.39. The van der Waals surface area contributed by atoms with Crippen LogP contribution in [0.3, 0.4) is 0 Å². The van der Waals surface area contributed by atoms with Gasteiger partial charge in [0.2, 0.25) is 0 Å². The van der Waals surface area contributed by atoms with Crippen LogP contribution in [0.2, 0.25) is 5.02 Å². The van der Waals surface area contributed by atoms with E-state index in [9.17, 15) is 4.79 Å². The van der Waals surface area contributed by atoms with Crippen molar-refractivity contribution in [2.75, 3.05) is 13.3 Å². The molecule has 1 aromatic carbocycles. The number of amides is 1. The number of nitrogens with zero attached hydrogens (tertiary/aromatic N) is 3. The fourth-order valence-corrected chi connectivity index (χ4v) is 2.41. The highest BCUT2D eigenvalue weighted by Gasteiger charge is 2.18. The van der Waals surface area contributed by atoms with Crippen molar-refractivity contribution in [3.63, 3.8) is 0 Å². The van der Waals surface area contributed by atoms with E-state index in [1.165, 1.54) is 18.0 Å². The molecule has 0 unspecified atom stereocenters. The number of aryl methyl sites for hydroxylation is 1. The molecule has 0 fully saturated rings. The summed E-state index contributed by atoms with van der Waals surface area (Å²) in [5.41, 5.74) is 2.49. The lowest BCUT2D eigenvalue weighted by Crippen LogP contribution is -2.27. The van der Waals surface area contributed by atoms with Crippen LogP contribution in [0, 0.1) is 6.92 Å². The van der Waals surface area contributed by atoms with Gasteiger partial charge >= 0.3 is 0 Å². The van der Waals surface area contributed by atoms with Crippen LogP contribution in [0.5, 0.6) is 0 Å². The van der Waals surface area contributed by atoms with Crippen LogP contribution in [0.1, 0.15) is 21.6 Å². The first-order valence-corrected chi connectivity index (χ1v) is 7.99. The lowest BCUT2D eigenvalue weighted by Gasteiger charge is -2.18. The molecule has 0 aliphatic rings. The van der Waals surface area contributed by atoms with Gasteiger partial charge in [0.1, 0.15) is 0 Å². The van der Waals surface area contributed by atoms with E-state index < -0.39 is 0 Å². The summed E-state index contributed by atoms with van der Waals surface area (Å²) in [5.74, 6) is -0.207. The SMILES string of the molecule is CSc1ncc(Cl)c(C(=O)N(C)Cc2ccccc2C)n1. The molecular formula is C15H16ClN3OS. The van der Waals surface area contributed by atoms with Gasteiger partial charge in [-0.2, -0.15) is 0 Å². The summed E-state index contributed by atoms with van der Waals surface area (Å²) in [5, 5.41) is 0.807. The Morgan fingerprint density at radius 2 is 2.10 bits per heavy atom. The normalized spacial score (nSPS) is 10.5. The first-order chi connectivity index (χ1) is 10.0. The minimum Gasteiger partial charge on any atom is -0.336 e. The zero-order valence-electron chi connectivity index (χ0n) is 12.1. The molecule has 1 heterocycles. The molecule has 0 N–H and O–H groups in total. The zero-order chi connectivity index (χ0) is 15.4. The van der Waals surface area contributed by atoms with Crippen LogP contribution in [0.15, 0.2) is 35.6 Å². The summed E-state index contributed by atoms with van der Waals surface area (Å²) >= 11 is 7.42. The smallest absolute Gasteiger partial charge is 0.274 e. The third-order valence-electron chi connectivity index (χ3n) is 3.12. The van der Waals surface area contributed by atoms with Crippen LogP contribution < -0.4 is 0 Å². The Bertz CT molecular complexity index is 663. The van der Waals surface area contributed by atoms with Gasteiger partial charge in [-0.1, -0.05) is 47.6 Å². The monoisotopic (exact) mass is 321 g/mol. The minimum atomic E-state index is -0.207. The van der Waals surface area contributed by atoms with Crippen molar-refractivity contribution >= 4 is 29.3 Å². The number of carbonyl (C=O) groups excluding carboxylic acids is 1. The van der Waals surface area contributed by atoms with Crippen LogP contribution in [0.4, 0.5) is 0 Å². The number of thioether (sulfide) groups is 1. The Kier molecular flexibility index (Phi) is 5.20.